The lowest BCUT2D eigenvalue weighted by Crippen LogP contribution is -2.50. The fourth-order valence-electron chi connectivity index (χ4n) is 6.54. The Morgan fingerprint density at radius 1 is 1.14 bits per heavy atom. The van der Waals surface area contributed by atoms with Crippen molar-refractivity contribution in [3.63, 3.8) is 0 Å². The highest BCUT2D eigenvalue weighted by molar-refractivity contribution is 5.88. The molecule has 3 fully saturated rings. The molecule has 3 aliphatic carbocycles. The smallest absolute Gasteiger partial charge is 0.243 e. The Morgan fingerprint density at radius 2 is 1.95 bits per heavy atom. The Kier molecular flexibility index (Phi) is 3.24. The van der Waals surface area contributed by atoms with Crippen molar-refractivity contribution in [2.75, 3.05) is 6.54 Å². The Morgan fingerprint density at radius 3 is 2.77 bits per heavy atom. The molecule has 0 aromatic rings. The third kappa shape index (κ3) is 1.87. The molecule has 2 N–H and O–H groups in total. The topological polar surface area (TPSA) is 49.3 Å². The summed E-state index contributed by atoms with van der Waals surface area (Å²) in [7, 11) is 0. The molecular formula is C19H29NO2. The van der Waals surface area contributed by atoms with Crippen molar-refractivity contribution >= 4 is 5.91 Å². The zero-order chi connectivity index (χ0) is 15.5. The Balaban J connectivity index is 1.69. The maximum absolute atomic E-state index is 11.9. The summed E-state index contributed by atoms with van der Waals surface area (Å²) in [6, 6.07) is 0. The van der Waals surface area contributed by atoms with Crippen molar-refractivity contribution in [3.8, 4) is 0 Å². The van der Waals surface area contributed by atoms with E-state index < -0.39 is 0 Å². The number of aliphatic hydroxyl groups excluding tert-OH is 1. The van der Waals surface area contributed by atoms with E-state index >= 15 is 0 Å². The Hall–Kier alpha value is -0.830. The lowest BCUT2D eigenvalue weighted by Gasteiger charge is -2.56. The number of nitrogens with one attached hydrogen (secondary N) is 1. The number of amides is 1. The van der Waals surface area contributed by atoms with Gasteiger partial charge in [-0.05, 0) is 73.5 Å². The van der Waals surface area contributed by atoms with Crippen LogP contribution in [0.2, 0.25) is 0 Å². The first-order valence-corrected chi connectivity index (χ1v) is 9.12. The molecule has 22 heavy (non-hydrogen) atoms. The summed E-state index contributed by atoms with van der Waals surface area (Å²) in [6.07, 6.45) is 9.74. The number of hydrogen-bond donors (Lipinski definition) is 2. The van der Waals surface area contributed by atoms with E-state index in [0.717, 1.165) is 38.1 Å². The summed E-state index contributed by atoms with van der Waals surface area (Å²) in [5, 5.41) is 13.5. The zero-order valence-corrected chi connectivity index (χ0v) is 13.9. The minimum atomic E-state index is -0.0967. The second kappa shape index (κ2) is 4.83. The van der Waals surface area contributed by atoms with E-state index in [4.69, 9.17) is 0 Å². The van der Waals surface area contributed by atoms with Gasteiger partial charge in [0.1, 0.15) is 0 Å². The van der Waals surface area contributed by atoms with Crippen molar-refractivity contribution in [3.05, 3.63) is 11.6 Å². The molecule has 0 aromatic heterocycles. The minimum absolute atomic E-state index is 0.0967. The molecular weight excluding hydrogens is 274 g/mol. The highest BCUT2D eigenvalue weighted by Gasteiger charge is 2.58. The van der Waals surface area contributed by atoms with Crippen LogP contribution >= 0.6 is 0 Å². The third-order valence-electron chi connectivity index (χ3n) is 7.93. The normalized spacial score (nSPS) is 51.0. The fourth-order valence-corrected chi connectivity index (χ4v) is 6.54. The molecule has 0 radical (unpaired) electrons. The molecule has 4 rings (SSSR count). The average molecular weight is 303 g/mol. The monoisotopic (exact) mass is 303 g/mol. The SMILES string of the molecule is C[C@@]12CC[C@H]3[C@H](CCC4=CC(=O)NCC[C@]43C)[C@@H]1CC[C@@H]2O. The van der Waals surface area contributed by atoms with Gasteiger partial charge in [0.15, 0.2) is 0 Å². The highest BCUT2D eigenvalue weighted by atomic mass is 16.3. The fraction of sp³-hybridized carbons (Fsp3) is 0.842. The molecule has 0 unspecified atom stereocenters. The molecule has 1 heterocycles. The molecule has 4 aliphatic rings. The molecule has 0 bridgehead atoms. The van der Waals surface area contributed by atoms with Crippen molar-refractivity contribution in [2.45, 2.75) is 64.9 Å². The first-order valence-electron chi connectivity index (χ1n) is 9.12. The van der Waals surface area contributed by atoms with Gasteiger partial charge in [0, 0.05) is 12.6 Å². The van der Waals surface area contributed by atoms with E-state index in [1.54, 1.807) is 0 Å². The summed E-state index contributed by atoms with van der Waals surface area (Å²) < 4.78 is 0. The standard InChI is InChI=1S/C19H29NO2/c1-18-9-10-20-17(22)11-12(18)3-4-13-14-5-6-16(21)19(14,2)8-7-15(13)18/h11,13-16,21H,3-10H2,1-2H3,(H,20,22)/t13-,14+,15+,16+,18-,19-/m1/s1. The highest BCUT2D eigenvalue weighted by Crippen LogP contribution is 2.64. The van der Waals surface area contributed by atoms with E-state index in [1.807, 2.05) is 6.08 Å². The summed E-state index contributed by atoms with van der Waals surface area (Å²) in [4.78, 5) is 11.9. The molecule has 0 aromatic carbocycles. The molecule has 3 heteroatoms. The summed E-state index contributed by atoms with van der Waals surface area (Å²) in [6.45, 7) is 5.55. The summed E-state index contributed by atoms with van der Waals surface area (Å²) in [5.41, 5.74) is 1.74. The summed E-state index contributed by atoms with van der Waals surface area (Å²) in [5.74, 6) is 2.23. The minimum Gasteiger partial charge on any atom is -0.393 e. The van der Waals surface area contributed by atoms with Crippen LogP contribution in [0.3, 0.4) is 0 Å². The molecule has 1 amide bonds. The molecule has 0 saturated heterocycles. The van der Waals surface area contributed by atoms with Crippen LogP contribution in [-0.4, -0.2) is 23.7 Å². The number of allylic oxidation sites excluding steroid dienone is 1. The van der Waals surface area contributed by atoms with Crippen molar-refractivity contribution in [1.29, 1.82) is 0 Å². The second-order valence-corrected chi connectivity index (χ2v) is 8.68. The molecule has 122 valence electrons. The van der Waals surface area contributed by atoms with Crippen molar-refractivity contribution in [1.82, 2.24) is 5.32 Å². The molecule has 3 saturated carbocycles. The predicted molar refractivity (Wildman–Crippen MR) is 86.1 cm³/mol. The number of fused-ring (bicyclic) bond motifs is 5. The number of aliphatic hydroxyl groups is 1. The Bertz CT molecular complexity index is 528. The van der Waals surface area contributed by atoms with E-state index in [9.17, 15) is 9.90 Å². The number of carbonyl (C=O) groups excluding carboxylic acids is 1. The Labute approximate surface area is 133 Å². The number of carbonyl (C=O) groups is 1. The first kappa shape index (κ1) is 14.7. The average Bonchev–Trinajstić information content (AvgIpc) is 2.68. The molecule has 0 spiro atoms. The molecule has 3 nitrogen and oxygen atoms in total. The predicted octanol–water partition coefficient (Wildman–Crippen LogP) is 3.04. The van der Waals surface area contributed by atoms with Crippen LogP contribution in [0.4, 0.5) is 0 Å². The van der Waals surface area contributed by atoms with Gasteiger partial charge < -0.3 is 10.4 Å². The molecule has 6 atom stereocenters. The maximum Gasteiger partial charge on any atom is 0.243 e. The van der Waals surface area contributed by atoms with Gasteiger partial charge in [-0.25, -0.2) is 0 Å². The van der Waals surface area contributed by atoms with E-state index in [2.05, 4.69) is 19.2 Å². The van der Waals surface area contributed by atoms with Gasteiger partial charge in [-0.1, -0.05) is 19.4 Å². The van der Waals surface area contributed by atoms with Gasteiger partial charge in [-0.3, -0.25) is 4.79 Å². The van der Waals surface area contributed by atoms with Gasteiger partial charge in [0.25, 0.3) is 0 Å². The first-order chi connectivity index (χ1) is 10.4. The number of hydrogen-bond acceptors (Lipinski definition) is 2. The van der Waals surface area contributed by atoms with Crippen molar-refractivity contribution in [2.24, 2.45) is 28.6 Å². The van der Waals surface area contributed by atoms with Gasteiger partial charge in [0.2, 0.25) is 5.91 Å². The van der Waals surface area contributed by atoms with E-state index in [0.29, 0.717) is 11.8 Å². The van der Waals surface area contributed by atoms with Crippen molar-refractivity contribution < 1.29 is 9.90 Å². The van der Waals surface area contributed by atoms with Gasteiger partial charge in [-0.15, -0.1) is 0 Å². The van der Waals surface area contributed by atoms with Crippen LogP contribution < -0.4 is 5.32 Å². The second-order valence-electron chi connectivity index (χ2n) is 8.68. The quantitative estimate of drug-likeness (QED) is 0.722. The van der Waals surface area contributed by atoms with Gasteiger partial charge in [0.05, 0.1) is 6.10 Å². The molecule has 1 aliphatic heterocycles. The van der Waals surface area contributed by atoms with Gasteiger partial charge >= 0.3 is 0 Å². The van der Waals surface area contributed by atoms with E-state index in [-0.39, 0.29) is 22.8 Å². The lowest BCUT2D eigenvalue weighted by atomic mass is 9.48. The zero-order valence-electron chi connectivity index (χ0n) is 13.9. The van der Waals surface area contributed by atoms with Crippen LogP contribution in [0.25, 0.3) is 0 Å². The van der Waals surface area contributed by atoms with Crippen LogP contribution in [-0.2, 0) is 4.79 Å². The number of rotatable bonds is 0. The largest absolute Gasteiger partial charge is 0.393 e. The van der Waals surface area contributed by atoms with E-state index in [1.165, 1.54) is 24.8 Å². The van der Waals surface area contributed by atoms with Crippen LogP contribution in [0.1, 0.15) is 58.8 Å². The van der Waals surface area contributed by atoms with Crippen LogP contribution in [0.5, 0.6) is 0 Å². The summed E-state index contributed by atoms with van der Waals surface area (Å²) >= 11 is 0. The van der Waals surface area contributed by atoms with Crippen LogP contribution in [0, 0.1) is 28.6 Å². The third-order valence-corrected chi connectivity index (χ3v) is 7.93. The van der Waals surface area contributed by atoms with Crippen LogP contribution in [0.15, 0.2) is 11.6 Å². The lowest BCUT2D eigenvalue weighted by molar-refractivity contribution is -0.116. The van der Waals surface area contributed by atoms with Gasteiger partial charge in [-0.2, -0.15) is 0 Å². The maximum atomic E-state index is 11.9.